The highest BCUT2D eigenvalue weighted by molar-refractivity contribution is 5.70. The fourth-order valence-electron chi connectivity index (χ4n) is 6.25. The SMILES string of the molecule is CO[C@@H](/C(C)=C/C=C/C(C)=C/c1coc(C)n1)[C@@H](C)[C@H](C[C@H](O)C1O[C@@H]1/C=C/[C@@H](C)[C@H]1C[C@@H](C[C@H]2O[C@H]2C)CC(=O)O1)OC=O. The minimum absolute atomic E-state index is 0.0134. The van der Waals surface area contributed by atoms with E-state index in [2.05, 4.69) is 11.9 Å². The first-order chi connectivity index (χ1) is 21.5. The number of cyclic esters (lactones) is 1. The van der Waals surface area contributed by atoms with Crippen molar-refractivity contribution in [3.05, 3.63) is 59.4 Å². The number of esters is 1. The third kappa shape index (κ3) is 10.2. The zero-order valence-corrected chi connectivity index (χ0v) is 27.5. The first-order valence-electron chi connectivity index (χ1n) is 15.9. The van der Waals surface area contributed by atoms with Crippen LogP contribution in [0, 0.1) is 24.7 Å². The maximum atomic E-state index is 12.2. The number of carbonyl (C=O) groups excluding carboxylic acids is 2. The second-order valence-corrected chi connectivity index (χ2v) is 12.8. The van der Waals surface area contributed by atoms with Crippen molar-refractivity contribution in [2.24, 2.45) is 17.8 Å². The van der Waals surface area contributed by atoms with E-state index < -0.39 is 18.3 Å². The van der Waals surface area contributed by atoms with Gasteiger partial charge in [-0.05, 0) is 56.8 Å². The first kappa shape index (κ1) is 34.8. The highest BCUT2D eigenvalue weighted by Gasteiger charge is 2.45. The van der Waals surface area contributed by atoms with Crippen molar-refractivity contribution in [1.82, 2.24) is 4.98 Å². The van der Waals surface area contributed by atoms with E-state index in [9.17, 15) is 14.7 Å². The lowest BCUT2D eigenvalue weighted by atomic mass is 9.85. The highest BCUT2D eigenvalue weighted by Crippen LogP contribution is 2.36. The number of rotatable bonds is 17. The molecule has 0 amide bonds. The Kier molecular flexibility index (Phi) is 12.4. The van der Waals surface area contributed by atoms with Gasteiger partial charge in [-0.1, -0.05) is 44.2 Å². The summed E-state index contributed by atoms with van der Waals surface area (Å²) in [6.45, 7) is 12.2. The lowest BCUT2D eigenvalue weighted by Crippen LogP contribution is -2.37. The maximum absolute atomic E-state index is 12.2. The Bertz CT molecular complexity index is 1270. The molecular formula is C35H49NO9. The summed E-state index contributed by atoms with van der Waals surface area (Å²) in [7, 11) is 1.62. The number of hydrogen-bond acceptors (Lipinski definition) is 10. The van der Waals surface area contributed by atoms with E-state index in [1.807, 2.05) is 64.2 Å². The van der Waals surface area contributed by atoms with E-state index in [-0.39, 0.29) is 60.7 Å². The van der Waals surface area contributed by atoms with Crippen molar-refractivity contribution in [2.45, 2.75) is 116 Å². The van der Waals surface area contributed by atoms with Gasteiger partial charge in [0.15, 0.2) is 5.89 Å². The summed E-state index contributed by atoms with van der Waals surface area (Å²) >= 11 is 0. The molecule has 1 unspecified atom stereocenters. The van der Waals surface area contributed by atoms with Crippen molar-refractivity contribution < 1.29 is 42.8 Å². The Hall–Kier alpha value is -3.05. The molecule has 0 radical (unpaired) electrons. The molecule has 1 aromatic heterocycles. The van der Waals surface area contributed by atoms with Gasteiger partial charge >= 0.3 is 5.97 Å². The molecule has 10 nitrogen and oxygen atoms in total. The van der Waals surface area contributed by atoms with E-state index in [4.69, 9.17) is 28.1 Å². The molecule has 11 atom stereocenters. The molecule has 248 valence electrons. The van der Waals surface area contributed by atoms with E-state index in [1.54, 1.807) is 20.3 Å². The van der Waals surface area contributed by atoms with Crippen LogP contribution in [0.5, 0.6) is 0 Å². The van der Waals surface area contributed by atoms with Crippen molar-refractivity contribution >= 4 is 18.5 Å². The summed E-state index contributed by atoms with van der Waals surface area (Å²) in [6, 6.07) is 0. The van der Waals surface area contributed by atoms with Crippen LogP contribution in [0.4, 0.5) is 0 Å². The fourth-order valence-corrected chi connectivity index (χ4v) is 6.25. The molecule has 3 aliphatic heterocycles. The van der Waals surface area contributed by atoms with Gasteiger partial charge in [0.2, 0.25) is 0 Å². The second kappa shape index (κ2) is 16.0. The number of aliphatic hydroxyl groups excluding tert-OH is 1. The quantitative estimate of drug-likeness (QED) is 0.0798. The van der Waals surface area contributed by atoms with Gasteiger partial charge in [-0.2, -0.15) is 0 Å². The topological polar surface area (TPSA) is 133 Å². The first-order valence-corrected chi connectivity index (χ1v) is 15.9. The average Bonchev–Trinajstić information content (AvgIpc) is 3.88. The monoisotopic (exact) mass is 627 g/mol. The Labute approximate surface area is 266 Å². The zero-order valence-electron chi connectivity index (χ0n) is 27.5. The van der Waals surface area contributed by atoms with Gasteiger partial charge < -0.3 is 33.2 Å². The summed E-state index contributed by atoms with van der Waals surface area (Å²) in [4.78, 5) is 27.9. The van der Waals surface area contributed by atoms with Crippen LogP contribution in [-0.2, 0) is 33.3 Å². The van der Waals surface area contributed by atoms with Crippen LogP contribution in [0.15, 0.2) is 52.2 Å². The molecule has 3 fully saturated rings. The molecule has 4 rings (SSSR count). The molecule has 4 heterocycles. The molecule has 3 saturated heterocycles. The zero-order chi connectivity index (χ0) is 32.7. The largest absolute Gasteiger partial charge is 0.464 e. The van der Waals surface area contributed by atoms with Gasteiger partial charge in [0.1, 0.15) is 36.4 Å². The Morgan fingerprint density at radius 2 is 2.00 bits per heavy atom. The number of carbonyl (C=O) groups is 2. The van der Waals surface area contributed by atoms with Gasteiger partial charge in [-0.3, -0.25) is 9.59 Å². The summed E-state index contributed by atoms with van der Waals surface area (Å²) < 4.78 is 33.5. The van der Waals surface area contributed by atoms with E-state index in [0.717, 1.165) is 29.7 Å². The predicted molar refractivity (Wildman–Crippen MR) is 168 cm³/mol. The van der Waals surface area contributed by atoms with E-state index >= 15 is 0 Å². The van der Waals surface area contributed by atoms with Crippen LogP contribution in [0.3, 0.4) is 0 Å². The number of aromatic nitrogens is 1. The van der Waals surface area contributed by atoms with E-state index in [1.165, 1.54) is 0 Å². The van der Waals surface area contributed by atoms with Crippen LogP contribution in [0.2, 0.25) is 0 Å². The number of oxazole rings is 1. The van der Waals surface area contributed by atoms with Crippen LogP contribution in [0.25, 0.3) is 6.08 Å². The third-order valence-corrected chi connectivity index (χ3v) is 9.04. The number of methoxy groups -OCH3 is 1. The molecule has 10 heteroatoms. The minimum Gasteiger partial charge on any atom is -0.464 e. The second-order valence-electron chi connectivity index (χ2n) is 12.8. The molecule has 45 heavy (non-hydrogen) atoms. The normalized spacial score (nSPS) is 30.5. The lowest BCUT2D eigenvalue weighted by Gasteiger charge is -2.31. The van der Waals surface area contributed by atoms with Crippen molar-refractivity contribution in [2.75, 3.05) is 7.11 Å². The number of ether oxygens (including phenoxy) is 5. The average molecular weight is 628 g/mol. The lowest BCUT2D eigenvalue weighted by molar-refractivity contribution is -0.159. The van der Waals surface area contributed by atoms with Crippen molar-refractivity contribution in [1.29, 1.82) is 0 Å². The Morgan fingerprint density at radius 1 is 1.24 bits per heavy atom. The van der Waals surface area contributed by atoms with Crippen LogP contribution < -0.4 is 0 Å². The molecular weight excluding hydrogens is 578 g/mol. The standard InChI is InChI=1S/C35H49NO9/c1-20(13-27-18-41-25(6)36-27)9-8-10-22(3)34(40-7)23(4)31(42-19-37)17-28(38)35-29(45-35)12-11-21(2)30-14-26(16-33(39)44-30)15-32-24(5)43-32/h8-13,18-19,21,23-24,26,28-32,34-35,38H,14-17H2,1-7H3/b9-8+,12-11+,20-13+,22-10+/t21-,23+,24+,26+,28+,29-,30-,31+,32-,34+,35?/m1/s1. The van der Waals surface area contributed by atoms with Gasteiger partial charge in [0.25, 0.3) is 6.47 Å². The summed E-state index contributed by atoms with van der Waals surface area (Å²) in [6.07, 6.45) is 13.6. The number of epoxide rings is 2. The maximum Gasteiger partial charge on any atom is 0.306 e. The number of allylic oxidation sites excluding steroid dienone is 4. The fraction of sp³-hybridized carbons (Fsp3) is 0.629. The molecule has 0 saturated carbocycles. The van der Waals surface area contributed by atoms with Crippen LogP contribution in [0.1, 0.15) is 71.9 Å². The summed E-state index contributed by atoms with van der Waals surface area (Å²) in [5, 5.41) is 11.0. The third-order valence-electron chi connectivity index (χ3n) is 9.04. The molecule has 0 spiro atoms. The van der Waals surface area contributed by atoms with Gasteiger partial charge in [-0.25, -0.2) is 4.98 Å². The summed E-state index contributed by atoms with van der Waals surface area (Å²) in [5.74, 6) is 0.506. The minimum atomic E-state index is -0.839. The number of aliphatic hydroxyl groups is 1. The molecule has 1 N–H and O–H groups in total. The van der Waals surface area contributed by atoms with Crippen LogP contribution >= 0.6 is 0 Å². The van der Waals surface area contributed by atoms with Crippen molar-refractivity contribution in [3.63, 3.8) is 0 Å². The van der Waals surface area contributed by atoms with Crippen molar-refractivity contribution in [3.8, 4) is 0 Å². The molecule has 0 aliphatic carbocycles. The smallest absolute Gasteiger partial charge is 0.306 e. The predicted octanol–water partition coefficient (Wildman–Crippen LogP) is 5.29. The molecule has 1 aromatic rings. The van der Waals surface area contributed by atoms with Gasteiger partial charge in [0, 0.05) is 38.7 Å². The number of aryl methyl sites for hydroxylation is 1. The molecule has 3 aliphatic rings. The highest BCUT2D eigenvalue weighted by atomic mass is 16.6. The van der Waals surface area contributed by atoms with Crippen LogP contribution in [-0.4, -0.2) is 78.5 Å². The molecule has 0 bridgehead atoms. The van der Waals surface area contributed by atoms with Gasteiger partial charge in [0.05, 0.1) is 24.4 Å². The van der Waals surface area contributed by atoms with E-state index in [0.29, 0.717) is 18.8 Å². The Morgan fingerprint density at radius 3 is 2.64 bits per heavy atom. The summed E-state index contributed by atoms with van der Waals surface area (Å²) in [5.41, 5.74) is 2.71. The van der Waals surface area contributed by atoms with Gasteiger partial charge in [-0.15, -0.1) is 0 Å². The number of hydrogen-bond donors (Lipinski definition) is 1. The number of nitrogens with zero attached hydrogens (tertiary/aromatic N) is 1. The molecule has 0 aromatic carbocycles. The Balaban J connectivity index is 1.28.